The maximum atomic E-state index is 13.0. The van der Waals surface area contributed by atoms with Crippen molar-refractivity contribution in [1.29, 1.82) is 0 Å². The molecule has 2 aromatic rings. The molecule has 0 bridgehead atoms. The second-order valence-corrected chi connectivity index (χ2v) is 7.36. The van der Waals surface area contributed by atoms with Gasteiger partial charge in [0, 0.05) is 24.7 Å². The van der Waals surface area contributed by atoms with Crippen LogP contribution < -0.4 is 11.1 Å². The van der Waals surface area contributed by atoms with Crippen molar-refractivity contribution in [1.82, 2.24) is 4.90 Å². The van der Waals surface area contributed by atoms with E-state index in [9.17, 15) is 9.59 Å². The van der Waals surface area contributed by atoms with Crippen molar-refractivity contribution in [2.45, 2.75) is 32.7 Å². The lowest BCUT2D eigenvalue weighted by atomic mass is 9.90. The number of nitrogens with zero attached hydrogens (tertiary/aromatic N) is 1. The lowest BCUT2D eigenvalue weighted by Gasteiger charge is -2.34. The average molecular weight is 402 g/mol. The van der Waals surface area contributed by atoms with Crippen LogP contribution in [0.2, 0.25) is 0 Å². The number of carbonyl (C=O) groups is 2. The highest BCUT2D eigenvalue weighted by Crippen LogP contribution is 2.24. The van der Waals surface area contributed by atoms with Crippen LogP contribution in [0.4, 0.5) is 5.69 Å². The van der Waals surface area contributed by atoms with Crippen LogP contribution in [0.15, 0.2) is 48.5 Å². The van der Waals surface area contributed by atoms with E-state index < -0.39 is 0 Å². The molecule has 0 spiro atoms. The molecule has 0 radical (unpaired) electrons. The largest absolute Gasteiger partial charge is 0.339 e. The van der Waals surface area contributed by atoms with E-state index in [2.05, 4.69) is 5.32 Å². The predicted molar refractivity (Wildman–Crippen MR) is 115 cm³/mol. The molecule has 1 aliphatic heterocycles. The molecule has 1 saturated heterocycles. The van der Waals surface area contributed by atoms with Gasteiger partial charge in [0.2, 0.25) is 0 Å². The Bertz CT molecular complexity index is 830. The summed E-state index contributed by atoms with van der Waals surface area (Å²) in [6, 6.07) is 14.7. The Morgan fingerprint density at radius 2 is 1.79 bits per heavy atom. The minimum absolute atomic E-state index is 0. The number of amides is 2. The number of carbonyl (C=O) groups excluding carboxylic acids is 2. The Morgan fingerprint density at radius 1 is 1.11 bits per heavy atom. The van der Waals surface area contributed by atoms with Crippen molar-refractivity contribution in [2.75, 3.05) is 18.4 Å². The minimum atomic E-state index is -0.213. The summed E-state index contributed by atoms with van der Waals surface area (Å²) in [6.07, 6.45) is 1.84. The zero-order valence-electron chi connectivity index (χ0n) is 16.4. The number of nitrogens with one attached hydrogen (secondary N) is 1. The van der Waals surface area contributed by atoms with Gasteiger partial charge in [-0.1, -0.05) is 29.8 Å². The van der Waals surface area contributed by atoms with E-state index in [1.165, 1.54) is 0 Å². The molecule has 2 aromatic carbocycles. The summed E-state index contributed by atoms with van der Waals surface area (Å²) < 4.78 is 0. The van der Waals surface area contributed by atoms with Crippen LogP contribution in [-0.2, 0) is 0 Å². The van der Waals surface area contributed by atoms with Crippen LogP contribution >= 0.6 is 12.4 Å². The fourth-order valence-corrected chi connectivity index (χ4v) is 3.56. The molecule has 5 nitrogen and oxygen atoms in total. The van der Waals surface area contributed by atoms with Crippen molar-refractivity contribution in [3.8, 4) is 0 Å². The summed E-state index contributed by atoms with van der Waals surface area (Å²) in [6.45, 7) is 5.37. The normalized spacial score (nSPS) is 15.5. The molecule has 1 aliphatic rings. The Morgan fingerprint density at radius 3 is 2.43 bits per heavy atom. The number of rotatable bonds is 4. The molecule has 6 heteroatoms. The maximum absolute atomic E-state index is 13.0. The average Bonchev–Trinajstić information content (AvgIpc) is 2.68. The first-order chi connectivity index (χ1) is 13.0. The van der Waals surface area contributed by atoms with Crippen LogP contribution in [0.5, 0.6) is 0 Å². The first kappa shape index (κ1) is 21.9. The predicted octanol–water partition coefficient (Wildman–Crippen LogP) is 3.87. The summed E-state index contributed by atoms with van der Waals surface area (Å²) in [5, 5.41) is 2.89. The van der Waals surface area contributed by atoms with Gasteiger partial charge in [-0.2, -0.15) is 0 Å². The third-order valence-electron chi connectivity index (χ3n) is 5.26. The molecule has 28 heavy (non-hydrogen) atoms. The Labute approximate surface area is 172 Å². The van der Waals surface area contributed by atoms with Gasteiger partial charge in [0.15, 0.2) is 0 Å². The van der Waals surface area contributed by atoms with Gasteiger partial charge in [-0.25, -0.2) is 0 Å². The van der Waals surface area contributed by atoms with E-state index in [0.717, 1.165) is 18.4 Å². The molecule has 0 aliphatic carbocycles. The Hall–Kier alpha value is -2.37. The highest BCUT2D eigenvalue weighted by atomic mass is 35.5. The summed E-state index contributed by atoms with van der Waals surface area (Å²) in [7, 11) is 0. The van der Waals surface area contributed by atoms with Gasteiger partial charge in [-0.05, 0) is 56.9 Å². The van der Waals surface area contributed by atoms with E-state index in [-0.39, 0.29) is 30.3 Å². The summed E-state index contributed by atoms with van der Waals surface area (Å²) in [5.41, 5.74) is 8.66. The van der Waals surface area contributed by atoms with Crippen molar-refractivity contribution in [3.63, 3.8) is 0 Å². The molecule has 0 aromatic heterocycles. The summed E-state index contributed by atoms with van der Waals surface area (Å²) in [4.78, 5) is 27.5. The number of hydrogen-bond donors (Lipinski definition) is 2. The standard InChI is InChI=1S/C22H27N3O2.ClH/c1-15-6-5-7-18(14-15)21(26)24-20-9-4-3-8-19(20)22(27)25-12-10-17(11-13-25)16(2)23;/h3-9,14,16-17H,10-13,23H2,1-2H3,(H,24,26);1H. The zero-order chi connectivity index (χ0) is 19.4. The number of anilines is 1. The lowest BCUT2D eigenvalue weighted by Crippen LogP contribution is -2.42. The van der Waals surface area contributed by atoms with Crippen LogP contribution in [0, 0.1) is 12.8 Å². The fraction of sp³-hybridized carbons (Fsp3) is 0.364. The number of likely N-dealkylation sites (tertiary alicyclic amines) is 1. The molecule has 3 N–H and O–H groups in total. The van der Waals surface area contributed by atoms with Crippen LogP contribution in [0.3, 0.4) is 0 Å². The van der Waals surface area contributed by atoms with Gasteiger partial charge < -0.3 is 16.0 Å². The third kappa shape index (κ3) is 5.12. The molecule has 0 saturated carbocycles. The Kier molecular flexibility index (Phi) is 7.61. The Balaban J connectivity index is 0.00000280. The zero-order valence-corrected chi connectivity index (χ0v) is 17.2. The topological polar surface area (TPSA) is 75.4 Å². The molecular formula is C22H28ClN3O2. The van der Waals surface area contributed by atoms with Gasteiger partial charge in [-0.3, -0.25) is 9.59 Å². The molecule has 2 amide bonds. The second kappa shape index (κ2) is 9.71. The first-order valence-electron chi connectivity index (χ1n) is 9.47. The molecule has 1 heterocycles. The number of aryl methyl sites for hydroxylation is 1. The van der Waals surface area contributed by atoms with Gasteiger partial charge in [-0.15, -0.1) is 12.4 Å². The number of para-hydroxylation sites is 1. The molecular weight excluding hydrogens is 374 g/mol. The van der Waals surface area contributed by atoms with Crippen LogP contribution in [0.1, 0.15) is 46.0 Å². The number of halogens is 1. The molecule has 1 atom stereocenters. The molecule has 1 fully saturated rings. The monoisotopic (exact) mass is 401 g/mol. The van der Waals surface area contributed by atoms with Crippen molar-refractivity contribution < 1.29 is 9.59 Å². The quantitative estimate of drug-likeness (QED) is 0.816. The summed E-state index contributed by atoms with van der Waals surface area (Å²) >= 11 is 0. The van der Waals surface area contributed by atoms with E-state index in [1.807, 2.05) is 49.1 Å². The highest BCUT2D eigenvalue weighted by molar-refractivity contribution is 6.09. The van der Waals surface area contributed by atoms with Crippen molar-refractivity contribution >= 4 is 29.9 Å². The van der Waals surface area contributed by atoms with Gasteiger partial charge in [0.1, 0.15) is 0 Å². The number of benzene rings is 2. The van der Waals surface area contributed by atoms with Gasteiger partial charge in [0.05, 0.1) is 11.3 Å². The fourth-order valence-electron chi connectivity index (χ4n) is 3.56. The van der Waals surface area contributed by atoms with Crippen LogP contribution in [-0.4, -0.2) is 35.8 Å². The second-order valence-electron chi connectivity index (χ2n) is 7.36. The first-order valence-corrected chi connectivity index (χ1v) is 9.47. The van der Waals surface area contributed by atoms with Gasteiger partial charge >= 0.3 is 0 Å². The highest BCUT2D eigenvalue weighted by Gasteiger charge is 2.26. The maximum Gasteiger partial charge on any atom is 0.255 e. The SMILES string of the molecule is Cc1cccc(C(=O)Nc2ccccc2C(=O)N2CCC(C(C)N)CC2)c1.Cl. The lowest BCUT2D eigenvalue weighted by molar-refractivity contribution is 0.0682. The molecule has 1 unspecified atom stereocenters. The van der Waals surface area contributed by atoms with E-state index in [0.29, 0.717) is 35.8 Å². The van der Waals surface area contributed by atoms with E-state index in [1.54, 1.807) is 18.2 Å². The third-order valence-corrected chi connectivity index (χ3v) is 5.26. The smallest absolute Gasteiger partial charge is 0.255 e. The number of nitrogens with two attached hydrogens (primary N) is 1. The number of piperidine rings is 1. The van der Waals surface area contributed by atoms with Gasteiger partial charge in [0.25, 0.3) is 11.8 Å². The van der Waals surface area contributed by atoms with E-state index in [4.69, 9.17) is 5.73 Å². The van der Waals surface area contributed by atoms with Crippen molar-refractivity contribution in [3.05, 3.63) is 65.2 Å². The summed E-state index contributed by atoms with van der Waals surface area (Å²) in [5.74, 6) is 0.207. The van der Waals surface area contributed by atoms with Crippen molar-refractivity contribution in [2.24, 2.45) is 11.7 Å². The number of hydrogen-bond acceptors (Lipinski definition) is 3. The van der Waals surface area contributed by atoms with Crippen LogP contribution in [0.25, 0.3) is 0 Å². The van der Waals surface area contributed by atoms with E-state index >= 15 is 0 Å². The molecule has 150 valence electrons. The minimum Gasteiger partial charge on any atom is -0.339 e. The molecule has 3 rings (SSSR count).